The van der Waals surface area contributed by atoms with Crippen LogP contribution < -0.4 is 10.6 Å². The number of likely N-dealkylation sites (tertiary alicyclic amines) is 2. The summed E-state index contributed by atoms with van der Waals surface area (Å²) >= 11 is 0. The van der Waals surface area contributed by atoms with Gasteiger partial charge in [-0.15, -0.1) is 0 Å². The molecule has 1 atom stereocenters. The molecule has 5 amide bonds. The highest BCUT2D eigenvalue weighted by Gasteiger charge is 2.44. The smallest absolute Gasteiger partial charge is 0.318 e. The van der Waals surface area contributed by atoms with Crippen LogP contribution in [0.25, 0.3) is 0 Å². The van der Waals surface area contributed by atoms with E-state index in [1.54, 1.807) is 37.2 Å². The molecule has 7 rings (SSSR count). The average Bonchev–Trinajstić information content (AvgIpc) is 3.25. The first kappa shape index (κ1) is 39.9. The fraction of sp³-hybridized carbons (Fsp3) is 0.400. The minimum Gasteiger partial charge on any atom is -0.367 e. The number of halogens is 2. The van der Waals surface area contributed by atoms with Crippen LogP contribution in [-0.2, 0) is 21.4 Å². The van der Waals surface area contributed by atoms with E-state index in [0.29, 0.717) is 82.5 Å². The third-order valence-corrected chi connectivity index (χ3v) is 12.1. The number of morpholine rings is 1. The van der Waals surface area contributed by atoms with Crippen molar-refractivity contribution in [1.82, 2.24) is 30.2 Å². The van der Waals surface area contributed by atoms with Gasteiger partial charge in [-0.1, -0.05) is 84.9 Å². The van der Waals surface area contributed by atoms with E-state index in [0.717, 1.165) is 17.2 Å². The van der Waals surface area contributed by atoms with Gasteiger partial charge in [-0.3, -0.25) is 4.79 Å². The molecule has 57 heavy (non-hydrogen) atoms. The molecule has 0 aromatic heterocycles. The van der Waals surface area contributed by atoms with Gasteiger partial charge in [-0.05, 0) is 73.1 Å². The molecule has 3 aliphatic rings. The molecule has 0 aliphatic carbocycles. The lowest BCUT2D eigenvalue weighted by atomic mass is 9.80. The lowest BCUT2D eigenvalue weighted by Crippen LogP contribution is -2.60. The van der Waals surface area contributed by atoms with Crippen molar-refractivity contribution in [3.8, 4) is 0 Å². The molecule has 3 aliphatic heterocycles. The van der Waals surface area contributed by atoms with Gasteiger partial charge in [-0.25, -0.2) is 18.4 Å². The number of amides is 5. The van der Waals surface area contributed by atoms with E-state index >= 15 is 0 Å². The van der Waals surface area contributed by atoms with E-state index < -0.39 is 28.3 Å². The SMILES string of the molecule is CN(C)C(=O)NC1(c2ccccc2)CCN(C(=O)NC2(c3ccccc3)CCN(CCC3(c4ccc(F)c(F)c4)CN(C(=O)c4ccccc4)CCO3)CC2)CC1. The molecule has 3 fully saturated rings. The fourth-order valence-corrected chi connectivity index (χ4v) is 8.65. The summed E-state index contributed by atoms with van der Waals surface area (Å²) in [5.74, 6) is -2.03. The van der Waals surface area contributed by atoms with E-state index in [4.69, 9.17) is 4.74 Å². The molecular weight excluding hydrogens is 727 g/mol. The maximum Gasteiger partial charge on any atom is 0.318 e. The Hall–Kier alpha value is -5.33. The number of hydrogen-bond acceptors (Lipinski definition) is 5. The maximum absolute atomic E-state index is 14.7. The Bertz CT molecular complexity index is 2000. The van der Waals surface area contributed by atoms with Crippen LogP contribution in [-0.4, -0.2) is 104 Å². The van der Waals surface area contributed by atoms with Crippen LogP contribution in [0.3, 0.4) is 0 Å². The summed E-state index contributed by atoms with van der Waals surface area (Å²) in [6.07, 6.45) is 2.91. The highest BCUT2D eigenvalue weighted by Crippen LogP contribution is 2.39. The Kier molecular flexibility index (Phi) is 11.9. The van der Waals surface area contributed by atoms with Gasteiger partial charge in [0.25, 0.3) is 5.91 Å². The molecule has 0 radical (unpaired) electrons. The van der Waals surface area contributed by atoms with E-state index in [-0.39, 0.29) is 31.1 Å². The van der Waals surface area contributed by atoms with Crippen molar-refractivity contribution in [2.75, 3.05) is 66.5 Å². The molecule has 2 N–H and O–H groups in total. The van der Waals surface area contributed by atoms with Crippen LogP contribution in [0.1, 0.15) is 59.2 Å². The van der Waals surface area contributed by atoms with Crippen molar-refractivity contribution in [3.05, 3.63) is 143 Å². The number of nitrogens with zero attached hydrogens (tertiary/aromatic N) is 4. The Morgan fingerprint density at radius 1 is 0.667 bits per heavy atom. The second kappa shape index (κ2) is 17.0. The Morgan fingerprint density at radius 3 is 1.81 bits per heavy atom. The third-order valence-electron chi connectivity index (χ3n) is 12.1. The van der Waals surface area contributed by atoms with Gasteiger partial charge >= 0.3 is 12.1 Å². The predicted molar refractivity (Wildman–Crippen MR) is 214 cm³/mol. The van der Waals surface area contributed by atoms with Crippen LogP contribution in [0, 0.1) is 11.6 Å². The van der Waals surface area contributed by atoms with Crippen molar-refractivity contribution in [3.63, 3.8) is 0 Å². The second-order valence-corrected chi connectivity index (χ2v) is 15.8. The molecule has 12 heteroatoms. The number of carbonyl (C=O) groups is 3. The zero-order chi connectivity index (χ0) is 40.0. The monoisotopic (exact) mass is 778 g/mol. The van der Waals surface area contributed by atoms with Crippen LogP contribution >= 0.6 is 0 Å². The van der Waals surface area contributed by atoms with Crippen LogP contribution in [0.5, 0.6) is 0 Å². The van der Waals surface area contributed by atoms with Crippen molar-refractivity contribution in [1.29, 1.82) is 0 Å². The summed E-state index contributed by atoms with van der Waals surface area (Å²) in [5, 5.41) is 6.72. The Labute approximate surface area is 333 Å². The first-order chi connectivity index (χ1) is 27.5. The van der Waals surface area contributed by atoms with Crippen molar-refractivity contribution >= 4 is 18.0 Å². The minimum absolute atomic E-state index is 0.134. The Morgan fingerprint density at radius 2 is 1.23 bits per heavy atom. The lowest BCUT2D eigenvalue weighted by Gasteiger charge is -2.47. The summed E-state index contributed by atoms with van der Waals surface area (Å²) in [7, 11) is 3.45. The van der Waals surface area contributed by atoms with Gasteiger partial charge in [-0.2, -0.15) is 0 Å². The van der Waals surface area contributed by atoms with Gasteiger partial charge in [0, 0.05) is 58.9 Å². The van der Waals surface area contributed by atoms with Gasteiger partial charge in [0.05, 0.1) is 24.2 Å². The van der Waals surface area contributed by atoms with E-state index in [1.165, 1.54) is 11.0 Å². The molecule has 300 valence electrons. The molecule has 3 heterocycles. The molecular formula is C45H52F2N6O4. The average molecular weight is 779 g/mol. The highest BCUT2D eigenvalue weighted by atomic mass is 19.2. The van der Waals surface area contributed by atoms with E-state index in [2.05, 4.69) is 27.7 Å². The first-order valence-electron chi connectivity index (χ1n) is 19.9. The topological polar surface area (TPSA) is 97.5 Å². The summed E-state index contributed by atoms with van der Waals surface area (Å²) in [6, 6.07) is 32.7. The normalized spacial score (nSPS) is 20.7. The highest BCUT2D eigenvalue weighted by molar-refractivity contribution is 5.94. The molecule has 10 nitrogen and oxygen atoms in total. The van der Waals surface area contributed by atoms with Crippen molar-refractivity contribution < 1.29 is 27.9 Å². The second-order valence-electron chi connectivity index (χ2n) is 15.8. The molecule has 0 spiro atoms. The van der Waals surface area contributed by atoms with Crippen LogP contribution in [0.15, 0.2) is 109 Å². The summed E-state index contributed by atoms with van der Waals surface area (Å²) in [6.45, 7) is 3.71. The van der Waals surface area contributed by atoms with Crippen molar-refractivity contribution in [2.24, 2.45) is 0 Å². The number of benzene rings is 4. The van der Waals surface area contributed by atoms with Gasteiger partial charge < -0.3 is 35.0 Å². The molecule has 4 aromatic rings. The van der Waals surface area contributed by atoms with E-state index in [1.807, 2.05) is 71.6 Å². The Balaban J connectivity index is 1.05. The van der Waals surface area contributed by atoms with Crippen LogP contribution in [0.4, 0.5) is 18.4 Å². The predicted octanol–water partition coefficient (Wildman–Crippen LogP) is 6.69. The summed E-state index contributed by atoms with van der Waals surface area (Å²) < 4.78 is 35.3. The first-order valence-corrected chi connectivity index (χ1v) is 19.9. The quantitative estimate of drug-likeness (QED) is 0.198. The molecule has 0 saturated carbocycles. The number of carbonyl (C=O) groups excluding carboxylic acids is 3. The van der Waals surface area contributed by atoms with Gasteiger partial charge in [0.2, 0.25) is 0 Å². The number of hydrogen-bond donors (Lipinski definition) is 2. The molecule has 4 aromatic carbocycles. The van der Waals surface area contributed by atoms with Gasteiger partial charge in [0.15, 0.2) is 11.6 Å². The largest absolute Gasteiger partial charge is 0.367 e. The molecule has 3 saturated heterocycles. The summed E-state index contributed by atoms with van der Waals surface area (Å²) in [5.41, 5.74) is 0.866. The van der Waals surface area contributed by atoms with Crippen LogP contribution in [0.2, 0.25) is 0 Å². The number of urea groups is 2. The molecule has 1 unspecified atom stereocenters. The zero-order valence-corrected chi connectivity index (χ0v) is 32.8. The van der Waals surface area contributed by atoms with Gasteiger partial charge in [0.1, 0.15) is 5.60 Å². The molecule has 0 bridgehead atoms. The minimum atomic E-state index is -1.05. The maximum atomic E-state index is 14.7. The fourth-order valence-electron chi connectivity index (χ4n) is 8.65. The standard InChI is InChI=1S/C45H52F2N6O4/c1-50(2)41(55)48-44(36-16-10-5-11-17-36)22-28-52(29-23-44)42(56)49-43(35-14-8-4-9-15-35)20-25-51(26-21-43)27-24-45(37-18-19-38(46)39(47)32-37)33-53(30-31-57-45)40(54)34-12-6-3-7-13-34/h3-19,32H,20-31,33H2,1-2H3,(H,48,55)(H,49,56). The van der Waals surface area contributed by atoms with E-state index in [9.17, 15) is 23.2 Å². The number of rotatable bonds is 9. The number of piperidine rings is 2. The lowest BCUT2D eigenvalue weighted by molar-refractivity contribution is -0.114. The number of ether oxygens (including phenoxy) is 1. The third kappa shape index (κ3) is 8.67. The summed E-state index contributed by atoms with van der Waals surface area (Å²) in [4.78, 5) is 48.1. The zero-order valence-electron chi connectivity index (χ0n) is 32.8. The number of nitrogens with one attached hydrogen (secondary N) is 2. The van der Waals surface area contributed by atoms with Crippen molar-refractivity contribution in [2.45, 2.75) is 48.8 Å².